The van der Waals surface area contributed by atoms with E-state index in [2.05, 4.69) is 43.1 Å². The van der Waals surface area contributed by atoms with Crippen LogP contribution in [0.15, 0.2) is 24.3 Å². The highest BCUT2D eigenvalue weighted by molar-refractivity contribution is 6.30. The number of nitrogens with one attached hydrogen (secondary N) is 1. The van der Waals surface area contributed by atoms with Crippen molar-refractivity contribution in [3.8, 4) is 0 Å². The smallest absolute Gasteiger partial charge is 0.0409 e. The van der Waals surface area contributed by atoms with Gasteiger partial charge < -0.3 is 5.32 Å². The molecule has 0 saturated carbocycles. The molecule has 0 spiro atoms. The zero-order valence-corrected chi connectivity index (χ0v) is 13.7. The maximum atomic E-state index is 6.10. The summed E-state index contributed by atoms with van der Waals surface area (Å²) in [5.41, 5.74) is 1.32. The lowest BCUT2D eigenvalue weighted by Crippen LogP contribution is -2.57. The molecule has 1 aromatic rings. The van der Waals surface area contributed by atoms with Gasteiger partial charge in [-0.25, -0.2) is 0 Å². The number of halogens is 1. The minimum absolute atomic E-state index is 0.613. The normalized spacial score (nSPS) is 25.6. The van der Waals surface area contributed by atoms with E-state index < -0.39 is 0 Å². The molecule has 1 N–H and O–H groups in total. The molecule has 0 aromatic heterocycles. The Balaban J connectivity index is 2.05. The zero-order valence-electron chi connectivity index (χ0n) is 12.9. The average molecular weight is 295 g/mol. The Hall–Kier alpha value is -0.570. The molecule has 1 heterocycles. The van der Waals surface area contributed by atoms with Gasteiger partial charge in [0.25, 0.3) is 0 Å². The summed E-state index contributed by atoms with van der Waals surface area (Å²) in [4.78, 5) is 2.62. The van der Waals surface area contributed by atoms with E-state index in [1.807, 2.05) is 12.1 Å². The summed E-state index contributed by atoms with van der Waals surface area (Å²) in [6.07, 6.45) is 2.43. The third-order valence-corrected chi connectivity index (χ3v) is 4.88. The molecule has 0 bridgehead atoms. The second kappa shape index (κ2) is 7.44. The second-order valence-corrected chi connectivity index (χ2v) is 6.46. The van der Waals surface area contributed by atoms with Gasteiger partial charge in [0.1, 0.15) is 0 Å². The van der Waals surface area contributed by atoms with E-state index in [4.69, 9.17) is 11.6 Å². The van der Waals surface area contributed by atoms with Crippen LogP contribution in [0.4, 0.5) is 0 Å². The summed E-state index contributed by atoms with van der Waals surface area (Å²) >= 11 is 6.10. The Morgan fingerprint density at radius 3 is 2.85 bits per heavy atom. The minimum atomic E-state index is 0.613. The molecule has 1 aliphatic heterocycles. The van der Waals surface area contributed by atoms with Crippen LogP contribution in [-0.2, 0) is 6.54 Å². The van der Waals surface area contributed by atoms with Crippen LogP contribution in [0.3, 0.4) is 0 Å². The molecule has 0 aliphatic carbocycles. The van der Waals surface area contributed by atoms with Crippen molar-refractivity contribution in [1.29, 1.82) is 0 Å². The highest BCUT2D eigenvalue weighted by Crippen LogP contribution is 2.20. The Morgan fingerprint density at radius 2 is 2.20 bits per heavy atom. The summed E-state index contributed by atoms with van der Waals surface area (Å²) in [7, 11) is 0. The van der Waals surface area contributed by atoms with Gasteiger partial charge in [0.15, 0.2) is 0 Å². The lowest BCUT2D eigenvalue weighted by atomic mass is 9.94. The molecule has 1 saturated heterocycles. The van der Waals surface area contributed by atoms with Crippen molar-refractivity contribution in [2.45, 2.75) is 52.2 Å². The molecule has 3 atom stereocenters. The second-order valence-electron chi connectivity index (χ2n) is 6.02. The first kappa shape index (κ1) is 15.8. The number of nitrogens with zero attached hydrogens (tertiary/aromatic N) is 1. The van der Waals surface area contributed by atoms with Crippen molar-refractivity contribution in [2.24, 2.45) is 5.92 Å². The molecule has 3 heteroatoms. The Bertz CT molecular complexity index is 421. The van der Waals surface area contributed by atoms with E-state index in [1.165, 1.54) is 18.4 Å². The van der Waals surface area contributed by atoms with Gasteiger partial charge in [0, 0.05) is 36.7 Å². The molecular formula is C17H27ClN2. The van der Waals surface area contributed by atoms with Crippen LogP contribution in [-0.4, -0.2) is 30.1 Å². The van der Waals surface area contributed by atoms with Crippen LogP contribution < -0.4 is 5.32 Å². The standard InChI is InChI=1S/C17H27ClN2/c1-4-13(3)17-12-20(16(5-2)10-19-17)11-14-7-6-8-15(18)9-14/h6-9,13,16-17,19H,4-5,10-12H2,1-3H3. The monoisotopic (exact) mass is 294 g/mol. The van der Waals surface area contributed by atoms with Crippen LogP contribution in [0.1, 0.15) is 39.2 Å². The highest BCUT2D eigenvalue weighted by Gasteiger charge is 2.28. The molecule has 2 rings (SSSR count). The van der Waals surface area contributed by atoms with Gasteiger partial charge in [0.05, 0.1) is 0 Å². The van der Waals surface area contributed by atoms with Gasteiger partial charge in [-0.1, -0.05) is 50.9 Å². The first-order chi connectivity index (χ1) is 9.63. The number of hydrogen-bond donors (Lipinski definition) is 1. The first-order valence-electron chi connectivity index (χ1n) is 7.85. The molecule has 1 aromatic carbocycles. The van der Waals surface area contributed by atoms with Crippen molar-refractivity contribution in [3.63, 3.8) is 0 Å². The average Bonchev–Trinajstić information content (AvgIpc) is 2.46. The fraction of sp³-hybridized carbons (Fsp3) is 0.647. The molecule has 1 fully saturated rings. The summed E-state index contributed by atoms with van der Waals surface area (Å²) < 4.78 is 0. The third-order valence-electron chi connectivity index (χ3n) is 4.64. The van der Waals surface area contributed by atoms with Gasteiger partial charge in [-0.15, -0.1) is 0 Å². The van der Waals surface area contributed by atoms with E-state index in [1.54, 1.807) is 0 Å². The zero-order chi connectivity index (χ0) is 14.5. The minimum Gasteiger partial charge on any atom is -0.311 e. The van der Waals surface area contributed by atoms with E-state index >= 15 is 0 Å². The number of benzene rings is 1. The molecule has 2 nitrogen and oxygen atoms in total. The summed E-state index contributed by atoms with van der Waals surface area (Å²) in [5.74, 6) is 0.731. The third kappa shape index (κ3) is 3.97. The van der Waals surface area contributed by atoms with Gasteiger partial charge in [-0.05, 0) is 30.0 Å². The lowest BCUT2D eigenvalue weighted by Gasteiger charge is -2.42. The van der Waals surface area contributed by atoms with Crippen LogP contribution in [0, 0.1) is 5.92 Å². The predicted molar refractivity (Wildman–Crippen MR) is 87.2 cm³/mol. The summed E-state index contributed by atoms with van der Waals surface area (Å²) in [5, 5.41) is 4.57. The predicted octanol–water partition coefficient (Wildman–Crippen LogP) is 3.94. The molecule has 20 heavy (non-hydrogen) atoms. The fourth-order valence-corrected chi connectivity index (χ4v) is 3.23. The number of piperazine rings is 1. The van der Waals surface area contributed by atoms with E-state index in [-0.39, 0.29) is 0 Å². The Labute approximate surface area is 128 Å². The largest absolute Gasteiger partial charge is 0.311 e. The van der Waals surface area contributed by atoms with Crippen molar-refractivity contribution >= 4 is 11.6 Å². The topological polar surface area (TPSA) is 15.3 Å². The van der Waals surface area contributed by atoms with Crippen molar-refractivity contribution < 1.29 is 0 Å². The maximum Gasteiger partial charge on any atom is 0.0409 e. The van der Waals surface area contributed by atoms with Crippen molar-refractivity contribution in [2.75, 3.05) is 13.1 Å². The number of hydrogen-bond acceptors (Lipinski definition) is 2. The molecule has 112 valence electrons. The van der Waals surface area contributed by atoms with Gasteiger partial charge in [0.2, 0.25) is 0 Å². The van der Waals surface area contributed by atoms with Crippen molar-refractivity contribution in [3.05, 3.63) is 34.9 Å². The number of rotatable bonds is 5. The quantitative estimate of drug-likeness (QED) is 0.885. The van der Waals surface area contributed by atoms with Crippen molar-refractivity contribution in [1.82, 2.24) is 10.2 Å². The van der Waals surface area contributed by atoms with Crippen LogP contribution >= 0.6 is 11.6 Å². The highest BCUT2D eigenvalue weighted by atomic mass is 35.5. The lowest BCUT2D eigenvalue weighted by molar-refractivity contribution is 0.0993. The van der Waals surface area contributed by atoms with E-state index in [9.17, 15) is 0 Å². The Kier molecular flexibility index (Phi) is 5.88. The SMILES string of the molecule is CCC(C)C1CN(Cc2cccc(Cl)c2)C(CC)CN1. The van der Waals surface area contributed by atoms with Crippen LogP contribution in [0.25, 0.3) is 0 Å². The van der Waals surface area contributed by atoms with Crippen LogP contribution in [0.2, 0.25) is 5.02 Å². The molecule has 3 unspecified atom stereocenters. The first-order valence-corrected chi connectivity index (χ1v) is 8.23. The maximum absolute atomic E-state index is 6.10. The molecule has 1 aliphatic rings. The van der Waals surface area contributed by atoms with E-state index in [0.29, 0.717) is 12.1 Å². The molecule has 0 amide bonds. The Morgan fingerprint density at radius 1 is 1.40 bits per heavy atom. The van der Waals surface area contributed by atoms with Crippen LogP contribution in [0.5, 0.6) is 0 Å². The van der Waals surface area contributed by atoms with E-state index in [0.717, 1.165) is 30.6 Å². The summed E-state index contributed by atoms with van der Waals surface area (Å²) in [6.45, 7) is 10.2. The summed E-state index contributed by atoms with van der Waals surface area (Å²) in [6, 6.07) is 9.51. The molecule has 0 radical (unpaired) electrons. The van der Waals surface area contributed by atoms with Gasteiger partial charge in [-0.3, -0.25) is 4.90 Å². The van der Waals surface area contributed by atoms with Gasteiger partial charge >= 0.3 is 0 Å². The molecular weight excluding hydrogens is 268 g/mol. The fourth-order valence-electron chi connectivity index (χ4n) is 3.01. The van der Waals surface area contributed by atoms with Gasteiger partial charge in [-0.2, -0.15) is 0 Å².